The van der Waals surface area contributed by atoms with Gasteiger partial charge in [-0.2, -0.15) is 22.0 Å². The van der Waals surface area contributed by atoms with E-state index in [9.17, 15) is 36.6 Å². The molecule has 0 saturated carbocycles. The van der Waals surface area contributed by atoms with Gasteiger partial charge in [0.05, 0.1) is 10.6 Å². The van der Waals surface area contributed by atoms with E-state index in [1.54, 1.807) is 6.07 Å². The van der Waals surface area contributed by atoms with E-state index in [-0.39, 0.29) is 24.9 Å². The summed E-state index contributed by atoms with van der Waals surface area (Å²) in [6.07, 6.45) is -1.58. The van der Waals surface area contributed by atoms with Crippen LogP contribution in [0.1, 0.15) is 54.4 Å². The topological polar surface area (TPSA) is 64.1 Å². The van der Waals surface area contributed by atoms with Crippen molar-refractivity contribution >= 4 is 29.1 Å². The van der Waals surface area contributed by atoms with E-state index in [4.69, 9.17) is 11.6 Å². The van der Waals surface area contributed by atoms with Gasteiger partial charge in [-0.05, 0) is 74.1 Å². The van der Waals surface area contributed by atoms with Crippen LogP contribution >= 0.6 is 11.6 Å². The van der Waals surface area contributed by atoms with Gasteiger partial charge in [0.1, 0.15) is 0 Å². The predicted octanol–water partition coefficient (Wildman–Crippen LogP) is 6.12. The van der Waals surface area contributed by atoms with Gasteiger partial charge in [-0.15, -0.1) is 0 Å². The van der Waals surface area contributed by atoms with E-state index in [0.29, 0.717) is 29.3 Å². The summed E-state index contributed by atoms with van der Waals surface area (Å²) in [6.45, 7) is 2.93. The zero-order valence-corrected chi connectivity index (χ0v) is 24.4. The number of amides is 2. The lowest BCUT2D eigenvalue weighted by Gasteiger charge is -2.43. The largest absolute Gasteiger partial charge is 0.457 e. The molecule has 0 unspecified atom stereocenters. The van der Waals surface area contributed by atoms with E-state index >= 15 is 0 Å². The van der Waals surface area contributed by atoms with Crippen LogP contribution < -0.4 is 4.90 Å². The number of anilines is 1. The molecule has 12 heteroatoms. The van der Waals surface area contributed by atoms with Crippen molar-refractivity contribution in [3.05, 3.63) is 64.7 Å². The Bertz CT molecular complexity index is 1310. The van der Waals surface area contributed by atoms with Gasteiger partial charge in [0.15, 0.2) is 0 Å². The molecule has 3 aliphatic rings. The van der Waals surface area contributed by atoms with E-state index in [2.05, 4.69) is 4.90 Å². The molecule has 43 heavy (non-hydrogen) atoms. The van der Waals surface area contributed by atoms with Crippen LogP contribution in [0.3, 0.4) is 0 Å². The van der Waals surface area contributed by atoms with Crippen molar-refractivity contribution in [2.24, 2.45) is 11.8 Å². The number of alkyl halides is 5. The van der Waals surface area contributed by atoms with Crippen molar-refractivity contribution in [2.45, 2.75) is 56.2 Å². The highest BCUT2D eigenvalue weighted by Gasteiger charge is 2.74. The number of hydrogen-bond donors (Lipinski definition) is 1. The Morgan fingerprint density at radius 1 is 0.767 bits per heavy atom. The summed E-state index contributed by atoms with van der Waals surface area (Å²) in [6, 6.07) is 11.1. The normalized spacial score (nSPS) is 20.8. The Morgan fingerprint density at radius 3 is 1.86 bits per heavy atom. The molecule has 6 nitrogen and oxygen atoms in total. The fourth-order valence-corrected chi connectivity index (χ4v) is 6.98. The fourth-order valence-electron chi connectivity index (χ4n) is 6.72. The highest BCUT2D eigenvalue weighted by Crippen LogP contribution is 2.50. The number of carbonyl (C=O) groups is 2. The summed E-state index contributed by atoms with van der Waals surface area (Å²) in [5, 5.41) is 11.3. The number of benzene rings is 2. The lowest BCUT2D eigenvalue weighted by molar-refractivity contribution is -0.339. The van der Waals surface area contributed by atoms with E-state index < -0.39 is 29.2 Å². The Labute approximate surface area is 252 Å². The number of carbonyl (C=O) groups excluding carboxylic acids is 2. The van der Waals surface area contributed by atoms with Crippen LogP contribution in [0.25, 0.3) is 0 Å². The molecule has 0 aromatic heterocycles. The number of piperidine rings is 2. The highest BCUT2D eigenvalue weighted by molar-refractivity contribution is 6.34. The SMILES string of the molecule is O=C(c1ccc(N2CCC(C3CCN(C(=O)[C@](O)(c4ccccc4)C(F)(F)C(F)(F)F)CC3)CC2)cc1Cl)N1CCCC1. The zero-order valence-electron chi connectivity index (χ0n) is 23.6. The second-order valence-electron chi connectivity index (χ2n) is 11.8. The Morgan fingerprint density at radius 2 is 1.33 bits per heavy atom. The summed E-state index contributed by atoms with van der Waals surface area (Å²) < 4.78 is 69.7. The molecule has 0 radical (unpaired) electrons. The average Bonchev–Trinajstić information content (AvgIpc) is 3.55. The highest BCUT2D eigenvalue weighted by atomic mass is 35.5. The van der Waals surface area contributed by atoms with Gasteiger partial charge in [-0.3, -0.25) is 9.59 Å². The Hall–Kier alpha value is -2.92. The molecule has 3 fully saturated rings. The van der Waals surface area contributed by atoms with Crippen molar-refractivity contribution in [3.8, 4) is 0 Å². The van der Waals surface area contributed by atoms with Gasteiger partial charge in [-0.1, -0.05) is 41.9 Å². The minimum atomic E-state index is -6.13. The molecule has 3 saturated heterocycles. The minimum absolute atomic E-state index is 0.0189. The summed E-state index contributed by atoms with van der Waals surface area (Å²) in [7, 11) is 0. The number of hydrogen-bond acceptors (Lipinski definition) is 4. The zero-order chi connectivity index (χ0) is 31.0. The van der Waals surface area contributed by atoms with Gasteiger partial charge in [0, 0.05) is 45.0 Å². The molecule has 5 rings (SSSR count). The molecule has 0 aliphatic carbocycles. The lowest BCUT2D eigenvalue weighted by atomic mass is 9.78. The average molecular weight is 628 g/mol. The van der Waals surface area contributed by atoms with Crippen LogP contribution in [0.15, 0.2) is 48.5 Å². The van der Waals surface area contributed by atoms with Crippen LogP contribution in [0.2, 0.25) is 5.02 Å². The minimum Gasteiger partial charge on any atom is -0.371 e. The van der Waals surface area contributed by atoms with Crippen LogP contribution in [0.5, 0.6) is 0 Å². The van der Waals surface area contributed by atoms with Crippen LogP contribution in [0, 0.1) is 11.8 Å². The first-order valence-electron chi connectivity index (χ1n) is 14.7. The van der Waals surface area contributed by atoms with Crippen LogP contribution in [-0.4, -0.2) is 78.1 Å². The van der Waals surface area contributed by atoms with Crippen molar-refractivity contribution in [1.29, 1.82) is 0 Å². The molecule has 3 aliphatic heterocycles. The summed E-state index contributed by atoms with van der Waals surface area (Å²) in [5.41, 5.74) is -3.45. The number of nitrogens with zero attached hydrogens (tertiary/aromatic N) is 3. The van der Waals surface area contributed by atoms with Gasteiger partial charge in [-0.25, -0.2) is 0 Å². The smallest absolute Gasteiger partial charge is 0.371 e. The molecule has 2 aromatic carbocycles. The third kappa shape index (κ3) is 5.94. The van der Waals surface area contributed by atoms with E-state index in [0.717, 1.165) is 74.6 Å². The fraction of sp³-hybridized carbons (Fsp3) is 0.548. The molecule has 0 spiro atoms. The van der Waals surface area contributed by atoms with Crippen molar-refractivity contribution in [1.82, 2.24) is 9.80 Å². The molecule has 2 amide bonds. The second kappa shape index (κ2) is 12.2. The number of likely N-dealkylation sites (tertiary alicyclic amines) is 2. The number of aliphatic hydroxyl groups is 1. The molecule has 234 valence electrons. The van der Waals surface area contributed by atoms with Crippen molar-refractivity contribution in [2.75, 3.05) is 44.2 Å². The molecular weight excluding hydrogens is 593 g/mol. The number of halogens is 6. The van der Waals surface area contributed by atoms with Crippen LogP contribution in [0.4, 0.5) is 27.6 Å². The second-order valence-corrected chi connectivity index (χ2v) is 12.2. The first kappa shape index (κ1) is 31.5. The Kier molecular flexibility index (Phi) is 8.96. The summed E-state index contributed by atoms with van der Waals surface area (Å²) in [4.78, 5) is 30.9. The monoisotopic (exact) mass is 627 g/mol. The maximum absolute atomic E-state index is 14.7. The molecular formula is C31H35ClF5N3O3. The van der Waals surface area contributed by atoms with Crippen molar-refractivity contribution < 1.29 is 36.6 Å². The first-order chi connectivity index (χ1) is 20.3. The van der Waals surface area contributed by atoms with E-state index in [1.165, 1.54) is 18.2 Å². The Balaban J connectivity index is 1.19. The third-order valence-electron chi connectivity index (χ3n) is 9.29. The predicted molar refractivity (Wildman–Crippen MR) is 152 cm³/mol. The van der Waals surface area contributed by atoms with Gasteiger partial charge >= 0.3 is 12.1 Å². The molecule has 1 N–H and O–H groups in total. The van der Waals surface area contributed by atoms with Crippen LogP contribution in [-0.2, 0) is 10.4 Å². The number of rotatable bonds is 6. The molecule has 2 aromatic rings. The van der Waals surface area contributed by atoms with Gasteiger partial charge in [0.2, 0.25) is 5.60 Å². The first-order valence-corrected chi connectivity index (χ1v) is 15.1. The standard InChI is InChI=1S/C31H35ClF5N3O3/c32-26-20-24(8-9-25(26)27(41)39-14-4-5-15-39)38-16-10-21(11-17-38)22-12-18-40(19-13-22)28(42)29(43,23-6-2-1-3-7-23)30(33,34)31(35,36)37/h1-3,6-9,20-22,43H,4-5,10-19H2/t29-/m1/s1. The van der Waals surface area contributed by atoms with Gasteiger partial charge in [0.25, 0.3) is 11.8 Å². The maximum Gasteiger partial charge on any atom is 0.457 e. The lowest BCUT2D eigenvalue weighted by Crippen LogP contribution is -2.63. The maximum atomic E-state index is 14.7. The quantitative estimate of drug-likeness (QED) is 0.392. The summed E-state index contributed by atoms with van der Waals surface area (Å²) in [5.74, 6) is -6.92. The third-order valence-corrected chi connectivity index (χ3v) is 9.60. The van der Waals surface area contributed by atoms with Crippen molar-refractivity contribution in [3.63, 3.8) is 0 Å². The van der Waals surface area contributed by atoms with E-state index in [1.807, 2.05) is 17.0 Å². The van der Waals surface area contributed by atoms with Gasteiger partial charge < -0.3 is 19.8 Å². The molecule has 0 bridgehead atoms. The summed E-state index contributed by atoms with van der Waals surface area (Å²) >= 11 is 6.50. The molecule has 3 heterocycles. The molecule has 1 atom stereocenters.